The quantitative estimate of drug-likeness (QED) is 0.257. The Kier molecular flexibility index (Phi) is 6.32. The second-order valence-electron chi connectivity index (χ2n) is 9.43. The first-order valence-electron chi connectivity index (χ1n) is 12.6. The number of methoxy groups -OCH3 is 2. The fourth-order valence-corrected chi connectivity index (χ4v) is 5.05. The van der Waals surface area contributed by atoms with E-state index in [4.69, 9.17) is 19.2 Å². The molecule has 39 heavy (non-hydrogen) atoms. The van der Waals surface area contributed by atoms with E-state index in [0.717, 1.165) is 16.9 Å². The van der Waals surface area contributed by atoms with Crippen LogP contribution in [0.2, 0.25) is 0 Å². The number of nitrogens with zero attached hydrogens (tertiary/aromatic N) is 1. The maximum atomic E-state index is 13.6. The van der Waals surface area contributed by atoms with Gasteiger partial charge in [-0.25, -0.2) is 4.98 Å². The number of benzene rings is 4. The Morgan fingerprint density at radius 3 is 2.26 bits per heavy atom. The molecule has 0 saturated heterocycles. The van der Waals surface area contributed by atoms with Crippen LogP contribution in [-0.4, -0.2) is 35.8 Å². The first kappa shape index (κ1) is 24.4. The number of ketones is 2. The lowest BCUT2D eigenvalue weighted by Gasteiger charge is -2.10. The summed E-state index contributed by atoms with van der Waals surface area (Å²) in [5, 5.41) is 0. The summed E-state index contributed by atoms with van der Waals surface area (Å²) >= 11 is 0. The largest absolute Gasteiger partial charge is 0.497 e. The van der Waals surface area contributed by atoms with Crippen LogP contribution in [0.4, 0.5) is 0 Å². The Balaban J connectivity index is 1.32. The summed E-state index contributed by atoms with van der Waals surface area (Å²) in [6, 6.07) is 26.1. The number of Topliss-reactive ketones (excluding diaryl/α,β-unsaturated/α-hetero) is 2. The molecule has 0 radical (unpaired) electrons. The van der Waals surface area contributed by atoms with E-state index in [1.54, 1.807) is 44.6 Å². The second-order valence-corrected chi connectivity index (χ2v) is 9.43. The Hall–Kier alpha value is -4.91. The molecule has 1 heterocycles. The highest BCUT2D eigenvalue weighted by Crippen LogP contribution is 2.40. The van der Waals surface area contributed by atoms with Gasteiger partial charge in [0, 0.05) is 17.5 Å². The minimum absolute atomic E-state index is 0.240. The maximum Gasteiger partial charge on any atom is 0.179 e. The molecule has 0 aliphatic heterocycles. The minimum atomic E-state index is -0.977. The van der Waals surface area contributed by atoms with Crippen molar-refractivity contribution in [2.45, 2.75) is 18.9 Å². The first-order valence-corrected chi connectivity index (χ1v) is 12.6. The number of H-pyrrole nitrogens is 1. The van der Waals surface area contributed by atoms with E-state index in [1.165, 1.54) is 0 Å². The molecule has 1 aromatic heterocycles. The monoisotopic (exact) mass is 518 g/mol. The molecule has 0 amide bonds. The van der Waals surface area contributed by atoms with Gasteiger partial charge in [0.15, 0.2) is 11.6 Å². The van der Waals surface area contributed by atoms with Crippen molar-refractivity contribution in [2.75, 3.05) is 14.2 Å². The highest BCUT2D eigenvalue weighted by molar-refractivity contribution is 6.30. The number of carbonyl (C=O) groups excluding carboxylic acids is 2. The summed E-state index contributed by atoms with van der Waals surface area (Å²) in [6.07, 6.45) is 0.538. The number of aromatic nitrogens is 2. The van der Waals surface area contributed by atoms with Gasteiger partial charge in [-0.15, -0.1) is 0 Å². The molecule has 194 valence electrons. The van der Waals surface area contributed by atoms with Crippen LogP contribution in [-0.2, 0) is 13.0 Å². The van der Waals surface area contributed by atoms with Gasteiger partial charge in [0.2, 0.25) is 0 Å². The number of imidazole rings is 1. The third-order valence-corrected chi connectivity index (χ3v) is 7.04. The summed E-state index contributed by atoms with van der Waals surface area (Å²) in [5.74, 6) is 1.14. The van der Waals surface area contributed by atoms with E-state index >= 15 is 0 Å². The van der Waals surface area contributed by atoms with Crippen LogP contribution in [0, 0.1) is 0 Å². The standard InChI is InChI=1S/C32H26N2O5/c1-37-21-10-8-19(9-11-21)16-27-33-29-24(14-15-26(38-2)30(29)34-27)28-31(35)23-13-12-22(17-25(23)32(28)36)39-18-20-6-4-3-5-7-20/h3-15,17,28H,16,18H2,1-2H3,(H,33,34). The fraction of sp³-hybridized carbons (Fsp3) is 0.156. The van der Waals surface area contributed by atoms with Gasteiger partial charge >= 0.3 is 0 Å². The molecule has 0 spiro atoms. The molecule has 4 aromatic carbocycles. The average molecular weight is 519 g/mol. The Labute approximate surface area is 225 Å². The Morgan fingerprint density at radius 1 is 0.769 bits per heavy atom. The number of aromatic amines is 1. The van der Waals surface area contributed by atoms with Crippen molar-refractivity contribution in [2.24, 2.45) is 0 Å². The number of carbonyl (C=O) groups is 2. The van der Waals surface area contributed by atoms with Crippen molar-refractivity contribution in [1.82, 2.24) is 9.97 Å². The number of rotatable bonds is 8. The summed E-state index contributed by atoms with van der Waals surface area (Å²) in [7, 11) is 3.21. The smallest absolute Gasteiger partial charge is 0.179 e. The minimum Gasteiger partial charge on any atom is -0.497 e. The SMILES string of the molecule is COc1ccc(Cc2nc3c(C4C(=O)c5ccc(OCc6ccccc6)cc5C4=O)ccc(OC)c3[nH]2)cc1. The topological polar surface area (TPSA) is 90.5 Å². The van der Waals surface area contributed by atoms with E-state index in [1.807, 2.05) is 54.6 Å². The van der Waals surface area contributed by atoms with Gasteiger partial charge < -0.3 is 19.2 Å². The van der Waals surface area contributed by atoms with Crippen molar-refractivity contribution in [3.63, 3.8) is 0 Å². The summed E-state index contributed by atoms with van der Waals surface area (Å²) in [4.78, 5) is 35.3. The second kappa shape index (κ2) is 10.1. The third-order valence-electron chi connectivity index (χ3n) is 7.04. The van der Waals surface area contributed by atoms with Crippen molar-refractivity contribution in [3.05, 3.63) is 119 Å². The average Bonchev–Trinajstić information content (AvgIpc) is 3.50. The van der Waals surface area contributed by atoms with Gasteiger partial charge in [0.25, 0.3) is 0 Å². The molecule has 7 nitrogen and oxygen atoms in total. The van der Waals surface area contributed by atoms with E-state index < -0.39 is 5.92 Å². The van der Waals surface area contributed by atoms with Crippen LogP contribution < -0.4 is 14.2 Å². The van der Waals surface area contributed by atoms with Crippen molar-refractivity contribution < 1.29 is 23.8 Å². The van der Waals surface area contributed by atoms with Crippen LogP contribution >= 0.6 is 0 Å². The first-order chi connectivity index (χ1) is 19.1. The van der Waals surface area contributed by atoms with Crippen LogP contribution in [0.25, 0.3) is 11.0 Å². The molecule has 0 bridgehead atoms. The molecule has 1 aliphatic rings. The molecule has 1 atom stereocenters. The predicted molar refractivity (Wildman–Crippen MR) is 147 cm³/mol. The third kappa shape index (κ3) is 4.52. The lowest BCUT2D eigenvalue weighted by Crippen LogP contribution is -2.13. The van der Waals surface area contributed by atoms with E-state index in [2.05, 4.69) is 4.98 Å². The number of hydrogen-bond donors (Lipinski definition) is 1. The summed E-state index contributed by atoms with van der Waals surface area (Å²) in [6.45, 7) is 0.370. The normalized spacial score (nSPS) is 14.5. The van der Waals surface area contributed by atoms with Crippen molar-refractivity contribution >= 4 is 22.6 Å². The van der Waals surface area contributed by atoms with E-state index in [-0.39, 0.29) is 11.6 Å². The lowest BCUT2D eigenvalue weighted by atomic mass is 9.93. The zero-order chi connectivity index (χ0) is 26.9. The number of fused-ring (bicyclic) bond motifs is 2. The molecule has 7 heteroatoms. The highest BCUT2D eigenvalue weighted by atomic mass is 16.5. The van der Waals surface area contributed by atoms with Gasteiger partial charge in [-0.05, 0) is 53.1 Å². The summed E-state index contributed by atoms with van der Waals surface area (Å²) in [5.41, 5.74) is 4.59. The maximum absolute atomic E-state index is 13.6. The Morgan fingerprint density at radius 2 is 1.51 bits per heavy atom. The molecular weight excluding hydrogens is 492 g/mol. The highest BCUT2D eigenvalue weighted by Gasteiger charge is 2.41. The molecule has 0 saturated carbocycles. The molecular formula is C32H26N2O5. The molecule has 5 aromatic rings. The summed E-state index contributed by atoms with van der Waals surface area (Å²) < 4.78 is 16.7. The van der Waals surface area contributed by atoms with Crippen LogP contribution in [0.3, 0.4) is 0 Å². The molecule has 1 aliphatic carbocycles. The van der Waals surface area contributed by atoms with Gasteiger partial charge in [0.05, 0.1) is 19.7 Å². The van der Waals surface area contributed by atoms with Crippen molar-refractivity contribution in [3.8, 4) is 17.2 Å². The fourth-order valence-electron chi connectivity index (χ4n) is 5.05. The van der Waals surface area contributed by atoms with E-state index in [9.17, 15) is 9.59 Å². The van der Waals surface area contributed by atoms with Crippen LogP contribution in [0.1, 0.15) is 49.1 Å². The zero-order valence-electron chi connectivity index (χ0n) is 21.6. The van der Waals surface area contributed by atoms with Gasteiger partial charge in [-0.1, -0.05) is 48.5 Å². The van der Waals surface area contributed by atoms with Crippen molar-refractivity contribution in [1.29, 1.82) is 0 Å². The number of hydrogen-bond acceptors (Lipinski definition) is 6. The van der Waals surface area contributed by atoms with Crippen LogP contribution in [0.5, 0.6) is 17.2 Å². The molecule has 1 unspecified atom stereocenters. The molecule has 0 fully saturated rings. The predicted octanol–water partition coefficient (Wildman–Crippen LogP) is 5.91. The zero-order valence-corrected chi connectivity index (χ0v) is 21.6. The number of nitrogens with one attached hydrogen (secondary N) is 1. The van der Waals surface area contributed by atoms with Gasteiger partial charge in [-0.3, -0.25) is 9.59 Å². The number of ether oxygens (including phenoxy) is 3. The van der Waals surface area contributed by atoms with Crippen LogP contribution in [0.15, 0.2) is 84.9 Å². The van der Waals surface area contributed by atoms with Gasteiger partial charge in [0.1, 0.15) is 41.1 Å². The molecule has 6 rings (SSSR count). The molecule has 1 N–H and O–H groups in total. The van der Waals surface area contributed by atoms with E-state index in [0.29, 0.717) is 58.1 Å². The lowest BCUT2D eigenvalue weighted by molar-refractivity contribution is 0.0890. The Bertz CT molecular complexity index is 1690. The van der Waals surface area contributed by atoms with Gasteiger partial charge in [-0.2, -0.15) is 0 Å².